The summed E-state index contributed by atoms with van der Waals surface area (Å²) in [5, 5.41) is 18.3. The monoisotopic (exact) mass is 207 g/mol. The van der Waals surface area contributed by atoms with Gasteiger partial charge in [-0.05, 0) is 6.92 Å². The zero-order valence-electron chi connectivity index (χ0n) is 8.96. The van der Waals surface area contributed by atoms with Crippen molar-refractivity contribution >= 4 is 11.7 Å². The Morgan fingerprint density at radius 2 is 2.33 bits per heavy atom. The highest BCUT2D eigenvalue weighted by atomic mass is 16.1. The first kappa shape index (κ1) is 11.0. The van der Waals surface area contributed by atoms with Crippen molar-refractivity contribution in [2.24, 2.45) is 7.05 Å². The highest BCUT2D eigenvalue weighted by Crippen LogP contribution is 2.16. The van der Waals surface area contributed by atoms with Crippen LogP contribution in [0.25, 0.3) is 0 Å². The van der Waals surface area contributed by atoms with Gasteiger partial charge >= 0.3 is 0 Å². The van der Waals surface area contributed by atoms with Crippen molar-refractivity contribution in [2.75, 3.05) is 18.9 Å². The number of nitrogens with one attached hydrogen (secondary N) is 2. The van der Waals surface area contributed by atoms with Crippen LogP contribution in [-0.2, 0) is 11.8 Å². The lowest BCUT2D eigenvalue weighted by atomic mass is 10.2. The second-order valence-corrected chi connectivity index (χ2v) is 3.07. The fraction of sp³-hybridized carbons (Fsp3) is 0.444. The summed E-state index contributed by atoms with van der Waals surface area (Å²) in [6.07, 6.45) is 0. The van der Waals surface area contributed by atoms with Crippen LogP contribution in [-0.4, -0.2) is 29.3 Å². The fourth-order valence-electron chi connectivity index (χ4n) is 1.25. The number of anilines is 1. The first-order valence-electron chi connectivity index (χ1n) is 4.48. The molecule has 1 amide bonds. The Kier molecular flexibility index (Phi) is 3.29. The lowest BCUT2D eigenvalue weighted by molar-refractivity contribution is -0.118. The SMILES string of the molecule is CNC(=O)CNc1c(C#N)c(C)nn1C. The van der Waals surface area contributed by atoms with Gasteiger partial charge in [0.15, 0.2) is 0 Å². The van der Waals surface area contributed by atoms with Gasteiger partial charge in [-0.3, -0.25) is 9.48 Å². The molecule has 1 heterocycles. The van der Waals surface area contributed by atoms with E-state index in [0.29, 0.717) is 17.1 Å². The van der Waals surface area contributed by atoms with Gasteiger partial charge in [-0.15, -0.1) is 0 Å². The number of hydrogen-bond donors (Lipinski definition) is 2. The molecule has 0 radical (unpaired) electrons. The lowest BCUT2D eigenvalue weighted by Gasteiger charge is -2.05. The van der Waals surface area contributed by atoms with Crippen LogP contribution in [0.4, 0.5) is 5.82 Å². The summed E-state index contributed by atoms with van der Waals surface area (Å²) in [6, 6.07) is 2.05. The maximum absolute atomic E-state index is 11.0. The predicted molar refractivity (Wildman–Crippen MR) is 55.2 cm³/mol. The van der Waals surface area contributed by atoms with Crippen molar-refractivity contribution in [3.05, 3.63) is 11.3 Å². The van der Waals surface area contributed by atoms with E-state index in [4.69, 9.17) is 5.26 Å². The molecule has 0 unspecified atom stereocenters. The van der Waals surface area contributed by atoms with Crippen LogP contribution in [0.2, 0.25) is 0 Å². The van der Waals surface area contributed by atoms with Crippen molar-refractivity contribution in [1.29, 1.82) is 5.26 Å². The standard InChI is InChI=1S/C9H13N5O/c1-6-7(4-10)9(14(3)13-6)12-5-8(15)11-2/h12H,5H2,1-3H3,(H,11,15). The lowest BCUT2D eigenvalue weighted by Crippen LogP contribution is -2.27. The van der Waals surface area contributed by atoms with Gasteiger partial charge in [0.25, 0.3) is 0 Å². The zero-order valence-corrected chi connectivity index (χ0v) is 8.96. The topological polar surface area (TPSA) is 82.7 Å². The number of nitriles is 1. The molecule has 15 heavy (non-hydrogen) atoms. The van der Waals surface area contributed by atoms with Gasteiger partial charge in [-0.1, -0.05) is 0 Å². The molecule has 80 valence electrons. The molecule has 0 saturated heterocycles. The summed E-state index contributed by atoms with van der Waals surface area (Å²) in [5.74, 6) is 0.427. The Hall–Kier alpha value is -2.03. The number of nitrogens with zero attached hydrogens (tertiary/aromatic N) is 3. The van der Waals surface area contributed by atoms with E-state index in [0.717, 1.165) is 0 Å². The molecule has 0 aliphatic rings. The van der Waals surface area contributed by atoms with E-state index in [1.54, 1.807) is 25.7 Å². The van der Waals surface area contributed by atoms with Gasteiger partial charge in [0.05, 0.1) is 12.2 Å². The van der Waals surface area contributed by atoms with Crippen LogP contribution in [0.3, 0.4) is 0 Å². The molecule has 0 fully saturated rings. The molecule has 0 aromatic carbocycles. The van der Waals surface area contributed by atoms with Crippen molar-refractivity contribution in [3.63, 3.8) is 0 Å². The molecule has 1 rings (SSSR count). The normalized spacial score (nSPS) is 9.47. The molecule has 1 aromatic heterocycles. The maximum atomic E-state index is 11.0. The van der Waals surface area contributed by atoms with E-state index in [1.807, 2.05) is 6.07 Å². The van der Waals surface area contributed by atoms with Crippen LogP contribution in [0.1, 0.15) is 11.3 Å². The molecule has 6 heteroatoms. The molecular weight excluding hydrogens is 194 g/mol. The first-order chi connectivity index (χ1) is 7.10. The molecular formula is C9H13N5O. The average molecular weight is 207 g/mol. The molecule has 0 bridgehead atoms. The number of rotatable bonds is 3. The molecule has 1 aromatic rings. The molecule has 2 N–H and O–H groups in total. The molecule has 0 atom stereocenters. The molecule has 0 aliphatic heterocycles. The Bertz CT molecular complexity index is 415. The average Bonchev–Trinajstić information content (AvgIpc) is 2.49. The molecule has 0 saturated carbocycles. The minimum absolute atomic E-state index is 0.129. The first-order valence-corrected chi connectivity index (χ1v) is 4.48. The summed E-state index contributed by atoms with van der Waals surface area (Å²) in [6.45, 7) is 1.88. The van der Waals surface area contributed by atoms with Crippen molar-refractivity contribution in [1.82, 2.24) is 15.1 Å². The van der Waals surface area contributed by atoms with Crippen molar-refractivity contribution < 1.29 is 4.79 Å². The van der Waals surface area contributed by atoms with Gasteiger partial charge in [0.2, 0.25) is 5.91 Å². The van der Waals surface area contributed by atoms with Crippen LogP contribution in [0, 0.1) is 18.3 Å². The summed E-state index contributed by atoms with van der Waals surface area (Å²) >= 11 is 0. The number of hydrogen-bond acceptors (Lipinski definition) is 4. The van der Waals surface area contributed by atoms with E-state index in [1.165, 1.54) is 0 Å². The number of likely N-dealkylation sites (N-methyl/N-ethyl adjacent to an activating group) is 1. The Balaban J connectivity index is 2.85. The zero-order chi connectivity index (χ0) is 11.4. The van der Waals surface area contributed by atoms with Crippen LogP contribution in [0.5, 0.6) is 0 Å². The van der Waals surface area contributed by atoms with Gasteiger partial charge < -0.3 is 10.6 Å². The number of aromatic nitrogens is 2. The highest BCUT2D eigenvalue weighted by Gasteiger charge is 2.12. The summed E-state index contributed by atoms with van der Waals surface area (Å²) in [7, 11) is 3.28. The third kappa shape index (κ3) is 2.26. The summed E-state index contributed by atoms with van der Waals surface area (Å²) in [5.41, 5.74) is 1.13. The predicted octanol–water partition coefficient (Wildman–Crippen LogP) is -0.242. The van der Waals surface area contributed by atoms with E-state index >= 15 is 0 Å². The van der Waals surface area contributed by atoms with Crippen LogP contribution in [0.15, 0.2) is 0 Å². The smallest absolute Gasteiger partial charge is 0.239 e. The minimum Gasteiger partial charge on any atom is -0.360 e. The minimum atomic E-state index is -0.141. The number of carbonyl (C=O) groups excluding carboxylic acids is 1. The largest absolute Gasteiger partial charge is 0.360 e. The summed E-state index contributed by atoms with van der Waals surface area (Å²) < 4.78 is 1.55. The quantitative estimate of drug-likeness (QED) is 0.716. The van der Waals surface area contributed by atoms with E-state index < -0.39 is 0 Å². The van der Waals surface area contributed by atoms with Gasteiger partial charge in [0, 0.05) is 14.1 Å². The van der Waals surface area contributed by atoms with E-state index in [9.17, 15) is 4.79 Å². The number of amides is 1. The Morgan fingerprint density at radius 3 is 2.87 bits per heavy atom. The summed E-state index contributed by atoms with van der Waals surface area (Å²) in [4.78, 5) is 11.0. The highest BCUT2D eigenvalue weighted by molar-refractivity contribution is 5.80. The third-order valence-electron chi connectivity index (χ3n) is 2.03. The van der Waals surface area contributed by atoms with Gasteiger partial charge in [-0.25, -0.2) is 0 Å². The van der Waals surface area contributed by atoms with Gasteiger partial charge in [0.1, 0.15) is 17.5 Å². The van der Waals surface area contributed by atoms with E-state index in [-0.39, 0.29) is 12.5 Å². The Morgan fingerprint density at radius 1 is 1.67 bits per heavy atom. The van der Waals surface area contributed by atoms with E-state index in [2.05, 4.69) is 15.7 Å². The maximum Gasteiger partial charge on any atom is 0.239 e. The molecule has 0 spiro atoms. The second-order valence-electron chi connectivity index (χ2n) is 3.07. The second kappa shape index (κ2) is 4.46. The number of aryl methyl sites for hydroxylation is 2. The number of carbonyl (C=O) groups is 1. The Labute approximate surface area is 87.9 Å². The fourth-order valence-corrected chi connectivity index (χ4v) is 1.25. The van der Waals surface area contributed by atoms with Crippen LogP contribution < -0.4 is 10.6 Å². The van der Waals surface area contributed by atoms with Gasteiger partial charge in [-0.2, -0.15) is 10.4 Å². The third-order valence-corrected chi connectivity index (χ3v) is 2.03. The molecule has 6 nitrogen and oxygen atoms in total. The molecule has 0 aliphatic carbocycles. The van der Waals surface area contributed by atoms with Crippen molar-refractivity contribution in [3.8, 4) is 6.07 Å². The van der Waals surface area contributed by atoms with Crippen LogP contribution >= 0.6 is 0 Å². The van der Waals surface area contributed by atoms with Crippen molar-refractivity contribution in [2.45, 2.75) is 6.92 Å².